The van der Waals surface area contributed by atoms with Crippen molar-refractivity contribution < 1.29 is 14.7 Å². The van der Waals surface area contributed by atoms with Crippen LogP contribution in [0.2, 0.25) is 0 Å². The van der Waals surface area contributed by atoms with Crippen LogP contribution in [0.5, 0.6) is 0 Å². The largest absolute Gasteiger partial charge is 0.481 e. The van der Waals surface area contributed by atoms with Crippen LogP contribution in [0.1, 0.15) is 25.3 Å². The Morgan fingerprint density at radius 2 is 2.00 bits per heavy atom. The lowest BCUT2D eigenvalue weighted by Crippen LogP contribution is -2.39. The Morgan fingerprint density at radius 3 is 2.44 bits per heavy atom. The number of rotatable bonds is 2. The molecule has 0 saturated heterocycles. The first-order valence-corrected chi connectivity index (χ1v) is 5.40. The van der Waals surface area contributed by atoms with E-state index in [1.54, 1.807) is 19.1 Å². The summed E-state index contributed by atoms with van der Waals surface area (Å²) in [5.41, 5.74) is -0.279. The molecule has 0 amide bonds. The van der Waals surface area contributed by atoms with E-state index in [0.29, 0.717) is 12.8 Å². The minimum absolute atomic E-state index is 0.0475. The molecular formula is C13H14O3. The molecule has 2 rings (SSSR count). The van der Waals surface area contributed by atoms with Gasteiger partial charge in [-0.3, -0.25) is 9.59 Å². The summed E-state index contributed by atoms with van der Waals surface area (Å²) < 4.78 is 0. The molecule has 0 spiro atoms. The zero-order chi connectivity index (χ0) is 11.8. The number of hydrogen-bond acceptors (Lipinski definition) is 2. The highest BCUT2D eigenvalue weighted by molar-refractivity contribution is 5.95. The molecule has 1 aromatic rings. The third kappa shape index (κ3) is 1.35. The normalized spacial score (nSPS) is 29.3. The van der Waals surface area contributed by atoms with Gasteiger partial charge in [0.25, 0.3) is 0 Å². The number of aliphatic carboxylic acids is 1. The van der Waals surface area contributed by atoms with Gasteiger partial charge in [-0.1, -0.05) is 37.3 Å². The number of hydrogen-bond donors (Lipinski definition) is 1. The molecule has 1 fully saturated rings. The van der Waals surface area contributed by atoms with E-state index in [1.807, 2.05) is 18.2 Å². The smallest absolute Gasteiger partial charge is 0.314 e. The van der Waals surface area contributed by atoms with Gasteiger partial charge >= 0.3 is 5.97 Å². The Hall–Kier alpha value is -1.64. The first-order valence-electron chi connectivity index (χ1n) is 5.40. The van der Waals surface area contributed by atoms with Gasteiger partial charge in [-0.15, -0.1) is 0 Å². The second-order valence-corrected chi connectivity index (χ2v) is 4.33. The molecule has 0 bridgehead atoms. The van der Waals surface area contributed by atoms with E-state index in [1.165, 1.54) is 0 Å². The summed E-state index contributed by atoms with van der Waals surface area (Å²) >= 11 is 0. The minimum Gasteiger partial charge on any atom is -0.481 e. The zero-order valence-corrected chi connectivity index (χ0v) is 9.14. The summed E-state index contributed by atoms with van der Waals surface area (Å²) in [7, 11) is 0. The van der Waals surface area contributed by atoms with Gasteiger partial charge in [-0.05, 0) is 12.0 Å². The van der Waals surface area contributed by atoms with Crippen LogP contribution in [0.3, 0.4) is 0 Å². The highest BCUT2D eigenvalue weighted by Crippen LogP contribution is 2.43. The molecule has 16 heavy (non-hydrogen) atoms. The number of Topliss-reactive ketones (excluding diaryl/α,β-unsaturated/α-hetero) is 1. The van der Waals surface area contributed by atoms with Crippen molar-refractivity contribution in [2.45, 2.75) is 25.2 Å². The summed E-state index contributed by atoms with van der Waals surface area (Å²) in [5, 5.41) is 9.45. The van der Waals surface area contributed by atoms with Crippen molar-refractivity contribution in [3.05, 3.63) is 35.9 Å². The van der Waals surface area contributed by atoms with Gasteiger partial charge in [-0.2, -0.15) is 0 Å². The molecule has 3 nitrogen and oxygen atoms in total. The van der Waals surface area contributed by atoms with E-state index >= 15 is 0 Å². The van der Waals surface area contributed by atoms with Crippen LogP contribution in [0.25, 0.3) is 0 Å². The Morgan fingerprint density at radius 1 is 1.38 bits per heavy atom. The molecule has 0 unspecified atom stereocenters. The van der Waals surface area contributed by atoms with E-state index in [-0.39, 0.29) is 5.78 Å². The minimum atomic E-state index is -1.02. The van der Waals surface area contributed by atoms with Crippen molar-refractivity contribution in [1.29, 1.82) is 0 Å². The molecule has 0 aliphatic heterocycles. The van der Waals surface area contributed by atoms with E-state index in [2.05, 4.69) is 0 Å². The summed E-state index contributed by atoms with van der Waals surface area (Å²) in [6.07, 6.45) is 0.773. The molecule has 84 valence electrons. The van der Waals surface area contributed by atoms with Crippen LogP contribution in [0, 0.1) is 5.92 Å². The second-order valence-electron chi connectivity index (χ2n) is 4.33. The van der Waals surface area contributed by atoms with Gasteiger partial charge in [0.1, 0.15) is 11.2 Å². The maximum Gasteiger partial charge on any atom is 0.314 e. The standard InChI is InChI=1S/C13H14O3/c1-9-11(14)7-8-13(9,12(15)16)10-5-3-2-4-6-10/h2-6,9H,7-8H2,1H3,(H,15,16)/t9-,13+/m1/s1. The molecule has 2 atom stereocenters. The molecule has 3 heteroatoms. The highest BCUT2D eigenvalue weighted by Gasteiger charge is 2.52. The van der Waals surface area contributed by atoms with Gasteiger partial charge in [0, 0.05) is 12.3 Å². The molecule has 1 aliphatic rings. The number of benzene rings is 1. The maximum absolute atomic E-state index is 11.6. The van der Waals surface area contributed by atoms with Gasteiger partial charge in [0.05, 0.1) is 0 Å². The van der Waals surface area contributed by atoms with Crippen molar-refractivity contribution in [3.8, 4) is 0 Å². The van der Waals surface area contributed by atoms with Crippen molar-refractivity contribution in [3.63, 3.8) is 0 Å². The van der Waals surface area contributed by atoms with Crippen LogP contribution in [0.15, 0.2) is 30.3 Å². The van der Waals surface area contributed by atoms with E-state index in [0.717, 1.165) is 5.56 Å². The lowest BCUT2D eigenvalue weighted by molar-refractivity contribution is -0.146. The van der Waals surface area contributed by atoms with Gasteiger partial charge in [0.2, 0.25) is 0 Å². The fourth-order valence-electron chi connectivity index (χ4n) is 2.57. The summed E-state index contributed by atoms with van der Waals surface area (Å²) in [6.45, 7) is 1.72. The number of ketones is 1. The lowest BCUT2D eigenvalue weighted by atomic mass is 9.73. The fraction of sp³-hybridized carbons (Fsp3) is 0.385. The summed E-state index contributed by atoms with van der Waals surface area (Å²) in [5.74, 6) is -1.28. The van der Waals surface area contributed by atoms with Gasteiger partial charge < -0.3 is 5.11 Å². The van der Waals surface area contributed by atoms with Crippen LogP contribution in [-0.4, -0.2) is 16.9 Å². The quantitative estimate of drug-likeness (QED) is 0.826. The third-order valence-electron chi connectivity index (χ3n) is 3.66. The third-order valence-corrected chi connectivity index (χ3v) is 3.66. The van der Waals surface area contributed by atoms with E-state index < -0.39 is 17.3 Å². The van der Waals surface area contributed by atoms with E-state index in [9.17, 15) is 14.7 Å². The first kappa shape index (κ1) is 10.9. The lowest BCUT2D eigenvalue weighted by Gasteiger charge is -2.28. The SMILES string of the molecule is C[C@@H]1C(=O)CC[C@@]1(C(=O)O)c1ccccc1. The van der Waals surface area contributed by atoms with Crippen LogP contribution in [-0.2, 0) is 15.0 Å². The van der Waals surface area contributed by atoms with Crippen molar-refractivity contribution in [2.24, 2.45) is 5.92 Å². The van der Waals surface area contributed by atoms with Gasteiger partial charge in [0.15, 0.2) is 0 Å². The Balaban J connectivity index is 2.54. The number of carboxylic acids is 1. The Bertz CT molecular complexity index is 424. The predicted octanol–water partition coefficient (Wildman–Crippen LogP) is 2.01. The van der Waals surface area contributed by atoms with Crippen molar-refractivity contribution in [2.75, 3.05) is 0 Å². The molecule has 0 aromatic heterocycles. The molecule has 1 aromatic carbocycles. The zero-order valence-electron chi connectivity index (χ0n) is 9.14. The van der Waals surface area contributed by atoms with E-state index in [4.69, 9.17) is 0 Å². The fourth-order valence-corrected chi connectivity index (χ4v) is 2.57. The average Bonchev–Trinajstić information content (AvgIpc) is 2.59. The Kier molecular flexibility index (Phi) is 2.54. The average molecular weight is 218 g/mol. The topological polar surface area (TPSA) is 54.4 Å². The van der Waals surface area contributed by atoms with Crippen LogP contribution >= 0.6 is 0 Å². The van der Waals surface area contributed by atoms with Crippen molar-refractivity contribution in [1.82, 2.24) is 0 Å². The Labute approximate surface area is 94.1 Å². The second kappa shape index (κ2) is 3.74. The number of carbonyl (C=O) groups excluding carboxylic acids is 1. The summed E-state index contributed by atoms with van der Waals surface area (Å²) in [6, 6.07) is 9.07. The molecule has 1 N–H and O–H groups in total. The maximum atomic E-state index is 11.6. The van der Waals surface area contributed by atoms with Crippen LogP contribution < -0.4 is 0 Å². The molecule has 0 heterocycles. The number of carboxylic acid groups (broad SMARTS) is 1. The van der Waals surface area contributed by atoms with Crippen molar-refractivity contribution >= 4 is 11.8 Å². The summed E-state index contributed by atoms with van der Waals surface area (Å²) in [4.78, 5) is 23.1. The molecule has 0 radical (unpaired) electrons. The van der Waals surface area contributed by atoms with Gasteiger partial charge in [-0.25, -0.2) is 0 Å². The highest BCUT2D eigenvalue weighted by atomic mass is 16.4. The predicted molar refractivity (Wildman–Crippen MR) is 59.2 cm³/mol. The molecular weight excluding hydrogens is 204 g/mol. The molecule has 1 aliphatic carbocycles. The monoisotopic (exact) mass is 218 g/mol. The van der Waals surface area contributed by atoms with Crippen LogP contribution in [0.4, 0.5) is 0 Å². The molecule has 1 saturated carbocycles. The number of carbonyl (C=O) groups is 2. The first-order chi connectivity index (χ1) is 7.59.